The lowest BCUT2D eigenvalue weighted by Gasteiger charge is -2.14. The molecule has 19 heavy (non-hydrogen) atoms. The van der Waals surface area contributed by atoms with Crippen LogP contribution in [0.1, 0.15) is 30.1 Å². The molecule has 0 fully saturated rings. The van der Waals surface area contributed by atoms with Crippen LogP contribution in [0.5, 0.6) is 0 Å². The van der Waals surface area contributed by atoms with Crippen molar-refractivity contribution in [3.63, 3.8) is 0 Å². The van der Waals surface area contributed by atoms with Gasteiger partial charge in [-0.2, -0.15) is 0 Å². The summed E-state index contributed by atoms with van der Waals surface area (Å²) >= 11 is 11.8. The smallest absolute Gasteiger partial charge is 0.335 e. The van der Waals surface area contributed by atoms with Crippen molar-refractivity contribution >= 4 is 40.8 Å². The van der Waals surface area contributed by atoms with Crippen molar-refractivity contribution in [2.75, 3.05) is 5.32 Å². The Kier molecular flexibility index (Phi) is 5.60. The third-order valence-corrected chi connectivity index (χ3v) is 3.07. The summed E-state index contributed by atoms with van der Waals surface area (Å²) in [6.07, 6.45) is 1.31. The Hall–Kier alpha value is -1.30. The maximum atomic E-state index is 11.8. The van der Waals surface area contributed by atoms with E-state index in [9.17, 15) is 9.59 Å². The SMILES string of the molecule is CCCC(N)C(=O)Nc1c(Cl)cc(C(=O)O)cc1Cl. The highest BCUT2D eigenvalue weighted by Crippen LogP contribution is 2.32. The fourth-order valence-electron chi connectivity index (χ4n) is 1.47. The molecule has 0 saturated carbocycles. The van der Waals surface area contributed by atoms with E-state index in [0.717, 1.165) is 6.42 Å². The molecule has 0 aromatic heterocycles. The van der Waals surface area contributed by atoms with Crippen LogP contribution in [0.25, 0.3) is 0 Å². The maximum Gasteiger partial charge on any atom is 0.335 e. The van der Waals surface area contributed by atoms with Gasteiger partial charge in [0.05, 0.1) is 27.3 Å². The number of anilines is 1. The number of carboxylic acid groups (broad SMARTS) is 1. The highest BCUT2D eigenvalue weighted by Gasteiger charge is 2.17. The number of carboxylic acids is 1. The van der Waals surface area contributed by atoms with Gasteiger partial charge in [0, 0.05) is 0 Å². The van der Waals surface area contributed by atoms with Crippen molar-refractivity contribution in [2.24, 2.45) is 5.73 Å². The van der Waals surface area contributed by atoms with Crippen molar-refractivity contribution in [1.82, 2.24) is 0 Å². The summed E-state index contributed by atoms with van der Waals surface area (Å²) < 4.78 is 0. The van der Waals surface area contributed by atoms with Crippen LogP contribution in [-0.2, 0) is 4.79 Å². The average molecular weight is 305 g/mol. The van der Waals surface area contributed by atoms with Crippen molar-refractivity contribution < 1.29 is 14.7 Å². The van der Waals surface area contributed by atoms with Gasteiger partial charge in [-0.25, -0.2) is 4.79 Å². The van der Waals surface area contributed by atoms with Gasteiger partial charge < -0.3 is 16.2 Å². The topological polar surface area (TPSA) is 92.4 Å². The molecule has 4 N–H and O–H groups in total. The molecular weight excluding hydrogens is 291 g/mol. The van der Waals surface area contributed by atoms with E-state index < -0.39 is 17.9 Å². The normalized spacial score (nSPS) is 12.0. The number of nitrogens with one attached hydrogen (secondary N) is 1. The number of benzene rings is 1. The van der Waals surface area contributed by atoms with Crippen LogP contribution in [-0.4, -0.2) is 23.0 Å². The Balaban J connectivity index is 2.96. The zero-order valence-electron chi connectivity index (χ0n) is 10.2. The quantitative estimate of drug-likeness (QED) is 0.780. The van der Waals surface area contributed by atoms with Crippen molar-refractivity contribution in [3.05, 3.63) is 27.7 Å². The van der Waals surface area contributed by atoms with Crippen LogP contribution in [0.15, 0.2) is 12.1 Å². The number of halogens is 2. The number of nitrogens with two attached hydrogens (primary N) is 1. The Labute approximate surface area is 120 Å². The van der Waals surface area contributed by atoms with Crippen molar-refractivity contribution in [2.45, 2.75) is 25.8 Å². The van der Waals surface area contributed by atoms with Gasteiger partial charge in [-0.15, -0.1) is 0 Å². The molecule has 0 aliphatic rings. The number of rotatable bonds is 5. The van der Waals surface area contributed by atoms with E-state index in [0.29, 0.717) is 6.42 Å². The number of amides is 1. The summed E-state index contributed by atoms with van der Waals surface area (Å²) in [5.41, 5.74) is 5.78. The van der Waals surface area contributed by atoms with Crippen LogP contribution in [0, 0.1) is 0 Å². The van der Waals surface area contributed by atoms with E-state index in [4.69, 9.17) is 34.0 Å². The number of carbonyl (C=O) groups excluding carboxylic acids is 1. The second kappa shape index (κ2) is 6.75. The molecule has 1 aromatic rings. The second-order valence-corrected chi connectivity index (χ2v) is 4.82. The molecule has 5 nitrogen and oxygen atoms in total. The van der Waals surface area contributed by atoms with Crippen LogP contribution < -0.4 is 11.1 Å². The van der Waals surface area contributed by atoms with Crippen LogP contribution in [0.2, 0.25) is 10.0 Å². The molecule has 0 saturated heterocycles. The predicted molar refractivity (Wildman–Crippen MR) is 74.9 cm³/mol. The molecule has 1 aromatic carbocycles. The summed E-state index contributed by atoms with van der Waals surface area (Å²) in [5.74, 6) is -1.56. The minimum atomic E-state index is -1.15. The van der Waals surface area contributed by atoms with Crippen molar-refractivity contribution in [3.8, 4) is 0 Å². The summed E-state index contributed by atoms with van der Waals surface area (Å²) in [7, 11) is 0. The third-order valence-electron chi connectivity index (χ3n) is 2.47. The molecule has 0 aliphatic carbocycles. The standard InChI is InChI=1S/C12H14Cl2N2O3/c1-2-3-9(15)11(17)16-10-7(13)4-6(12(18)19)5-8(10)14/h4-5,9H,2-3,15H2,1H3,(H,16,17)(H,18,19). The zero-order chi connectivity index (χ0) is 14.6. The Morgan fingerprint density at radius 3 is 2.32 bits per heavy atom. The Bertz CT molecular complexity index is 483. The fraction of sp³-hybridized carbons (Fsp3) is 0.333. The van der Waals surface area contributed by atoms with E-state index in [1.807, 2.05) is 6.92 Å². The molecule has 0 radical (unpaired) electrons. The van der Waals surface area contributed by atoms with Gasteiger partial charge in [-0.1, -0.05) is 36.5 Å². The fourth-order valence-corrected chi connectivity index (χ4v) is 2.06. The van der Waals surface area contributed by atoms with Gasteiger partial charge in [-0.05, 0) is 18.6 Å². The number of hydrogen-bond donors (Lipinski definition) is 3. The summed E-state index contributed by atoms with van der Waals surface area (Å²) in [4.78, 5) is 22.6. The summed E-state index contributed by atoms with van der Waals surface area (Å²) in [5, 5.41) is 11.5. The van der Waals surface area contributed by atoms with Crippen LogP contribution >= 0.6 is 23.2 Å². The largest absolute Gasteiger partial charge is 0.478 e. The van der Waals surface area contributed by atoms with Crippen LogP contribution in [0.4, 0.5) is 5.69 Å². The van der Waals surface area contributed by atoms with E-state index in [-0.39, 0.29) is 21.3 Å². The van der Waals surface area contributed by atoms with Gasteiger partial charge in [0.15, 0.2) is 0 Å². The molecule has 0 heterocycles. The van der Waals surface area contributed by atoms with Gasteiger partial charge >= 0.3 is 5.97 Å². The monoisotopic (exact) mass is 304 g/mol. The molecule has 0 aliphatic heterocycles. The van der Waals surface area contributed by atoms with Gasteiger partial charge in [0.2, 0.25) is 5.91 Å². The summed E-state index contributed by atoms with van der Waals surface area (Å²) in [6, 6.07) is 1.78. The molecule has 7 heteroatoms. The number of hydrogen-bond acceptors (Lipinski definition) is 3. The van der Waals surface area contributed by atoms with E-state index in [1.165, 1.54) is 12.1 Å². The highest BCUT2D eigenvalue weighted by molar-refractivity contribution is 6.40. The lowest BCUT2D eigenvalue weighted by atomic mass is 10.1. The summed E-state index contributed by atoms with van der Waals surface area (Å²) in [6.45, 7) is 1.91. The first-order chi connectivity index (χ1) is 8.86. The van der Waals surface area contributed by atoms with Gasteiger partial charge in [-0.3, -0.25) is 4.79 Å². The Morgan fingerprint density at radius 1 is 1.37 bits per heavy atom. The molecule has 0 spiro atoms. The highest BCUT2D eigenvalue weighted by atomic mass is 35.5. The number of aromatic carboxylic acids is 1. The minimum absolute atomic E-state index is 0.0501. The first-order valence-corrected chi connectivity index (χ1v) is 6.41. The third kappa shape index (κ3) is 4.09. The van der Waals surface area contributed by atoms with E-state index in [1.54, 1.807) is 0 Å². The first-order valence-electron chi connectivity index (χ1n) is 5.65. The molecule has 1 unspecified atom stereocenters. The van der Waals surface area contributed by atoms with E-state index >= 15 is 0 Å². The maximum absolute atomic E-state index is 11.8. The molecular formula is C12H14Cl2N2O3. The lowest BCUT2D eigenvalue weighted by Crippen LogP contribution is -2.35. The first kappa shape index (κ1) is 15.8. The zero-order valence-corrected chi connectivity index (χ0v) is 11.8. The molecule has 0 bridgehead atoms. The molecule has 104 valence electrons. The molecule has 1 amide bonds. The van der Waals surface area contributed by atoms with E-state index in [2.05, 4.69) is 5.32 Å². The van der Waals surface area contributed by atoms with Crippen LogP contribution in [0.3, 0.4) is 0 Å². The predicted octanol–water partition coefficient (Wildman–Crippen LogP) is 2.76. The molecule has 1 rings (SSSR count). The van der Waals surface area contributed by atoms with Gasteiger partial charge in [0.1, 0.15) is 0 Å². The average Bonchev–Trinajstić information content (AvgIpc) is 2.33. The Morgan fingerprint density at radius 2 is 1.89 bits per heavy atom. The van der Waals surface area contributed by atoms with Gasteiger partial charge in [0.25, 0.3) is 0 Å². The lowest BCUT2D eigenvalue weighted by molar-refractivity contribution is -0.117. The second-order valence-electron chi connectivity index (χ2n) is 4.00. The minimum Gasteiger partial charge on any atom is -0.478 e. The van der Waals surface area contributed by atoms with Crippen molar-refractivity contribution in [1.29, 1.82) is 0 Å². The number of carbonyl (C=O) groups is 2. The molecule has 1 atom stereocenters.